The zero-order valence-electron chi connectivity index (χ0n) is 11.1. The van der Waals surface area contributed by atoms with Crippen molar-refractivity contribution in [2.75, 3.05) is 18.8 Å². The molecule has 1 aliphatic heterocycles. The summed E-state index contributed by atoms with van der Waals surface area (Å²) in [4.78, 5) is 14.2. The van der Waals surface area contributed by atoms with E-state index in [0.717, 1.165) is 31.6 Å². The smallest absolute Gasteiger partial charge is 0.223 e. The molecular weight excluding hydrogens is 224 g/mol. The third kappa shape index (κ3) is 3.25. The lowest BCUT2D eigenvalue weighted by atomic mass is 9.96. The molecule has 0 aromatic heterocycles. The molecule has 3 heteroatoms. The first kappa shape index (κ1) is 12.9. The summed E-state index contributed by atoms with van der Waals surface area (Å²) in [7, 11) is 0. The van der Waals surface area contributed by atoms with Crippen molar-refractivity contribution < 1.29 is 4.79 Å². The number of carbonyl (C=O) groups excluding carboxylic acids is 1. The highest BCUT2D eigenvalue weighted by Crippen LogP contribution is 2.22. The summed E-state index contributed by atoms with van der Waals surface area (Å²) >= 11 is 0. The van der Waals surface area contributed by atoms with Crippen molar-refractivity contribution in [3.05, 3.63) is 29.8 Å². The summed E-state index contributed by atoms with van der Waals surface area (Å²) in [6, 6.07) is 7.83. The topological polar surface area (TPSA) is 46.3 Å². The van der Waals surface area contributed by atoms with E-state index in [1.54, 1.807) is 0 Å². The van der Waals surface area contributed by atoms with Crippen LogP contribution in [0.5, 0.6) is 0 Å². The zero-order chi connectivity index (χ0) is 13.0. The average molecular weight is 246 g/mol. The Morgan fingerprint density at radius 3 is 2.44 bits per heavy atom. The molecule has 1 aliphatic rings. The largest absolute Gasteiger partial charge is 0.399 e. The average Bonchev–Trinajstić information content (AvgIpc) is 2.40. The van der Waals surface area contributed by atoms with Crippen LogP contribution in [0.2, 0.25) is 0 Å². The second-order valence-electron chi connectivity index (χ2n) is 5.21. The first-order chi connectivity index (χ1) is 8.66. The third-order valence-corrected chi connectivity index (χ3v) is 3.70. The molecule has 0 spiro atoms. The summed E-state index contributed by atoms with van der Waals surface area (Å²) in [5.74, 6) is 0.555. The second-order valence-corrected chi connectivity index (χ2v) is 5.21. The van der Waals surface area contributed by atoms with Gasteiger partial charge >= 0.3 is 0 Å². The molecule has 0 bridgehead atoms. The quantitative estimate of drug-likeness (QED) is 0.834. The number of anilines is 1. The summed E-state index contributed by atoms with van der Waals surface area (Å²) in [6.07, 6.45) is 4.17. The number of carbonyl (C=O) groups is 1. The van der Waals surface area contributed by atoms with E-state index in [1.165, 1.54) is 12.0 Å². The maximum absolute atomic E-state index is 12.2. The number of benzene rings is 1. The molecule has 2 rings (SSSR count). The molecule has 1 fully saturated rings. The number of likely N-dealkylation sites (tertiary alicyclic amines) is 1. The SMILES string of the molecule is CC(CC(=O)N1CCCCC1)c1ccc(N)cc1. The van der Waals surface area contributed by atoms with E-state index in [9.17, 15) is 4.79 Å². The molecule has 1 aromatic carbocycles. The monoisotopic (exact) mass is 246 g/mol. The maximum atomic E-state index is 12.2. The predicted octanol–water partition coefficient (Wildman–Crippen LogP) is 2.77. The van der Waals surface area contributed by atoms with Crippen LogP contribution in [0, 0.1) is 0 Å². The number of hydrogen-bond donors (Lipinski definition) is 1. The van der Waals surface area contributed by atoms with Crippen molar-refractivity contribution in [1.29, 1.82) is 0 Å². The van der Waals surface area contributed by atoms with E-state index >= 15 is 0 Å². The minimum Gasteiger partial charge on any atom is -0.399 e. The van der Waals surface area contributed by atoms with Gasteiger partial charge in [-0.2, -0.15) is 0 Å². The third-order valence-electron chi connectivity index (χ3n) is 3.70. The minimum atomic E-state index is 0.264. The van der Waals surface area contributed by atoms with E-state index in [-0.39, 0.29) is 5.92 Å². The van der Waals surface area contributed by atoms with Gasteiger partial charge in [0.1, 0.15) is 0 Å². The van der Waals surface area contributed by atoms with Gasteiger partial charge in [-0.3, -0.25) is 4.79 Å². The lowest BCUT2D eigenvalue weighted by Crippen LogP contribution is -2.36. The van der Waals surface area contributed by atoms with Crippen molar-refractivity contribution in [1.82, 2.24) is 4.90 Å². The summed E-state index contributed by atoms with van der Waals surface area (Å²) in [5.41, 5.74) is 7.63. The fourth-order valence-corrected chi connectivity index (χ4v) is 2.48. The van der Waals surface area contributed by atoms with E-state index in [4.69, 9.17) is 5.73 Å². The number of nitrogens with two attached hydrogens (primary N) is 1. The van der Waals surface area contributed by atoms with Crippen LogP contribution in [-0.4, -0.2) is 23.9 Å². The fraction of sp³-hybridized carbons (Fsp3) is 0.533. The number of hydrogen-bond acceptors (Lipinski definition) is 2. The Morgan fingerprint density at radius 2 is 1.83 bits per heavy atom. The molecule has 0 radical (unpaired) electrons. The van der Waals surface area contributed by atoms with Crippen LogP contribution in [-0.2, 0) is 4.79 Å². The van der Waals surface area contributed by atoms with Gasteiger partial charge in [0.25, 0.3) is 0 Å². The van der Waals surface area contributed by atoms with E-state index in [0.29, 0.717) is 12.3 Å². The fourth-order valence-electron chi connectivity index (χ4n) is 2.48. The zero-order valence-corrected chi connectivity index (χ0v) is 11.1. The van der Waals surface area contributed by atoms with Crippen LogP contribution >= 0.6 is 0 Å². The second kappa shape index (κ2) is 5.89. The molecule has 98 valence electrons. The number of rotatable bonds is 3. The van der Waals surface area contributed by atoms with Gasteiger partial charge in [0.05, 0.1) is 0 Å². The first-order valence-electron chi connectivity index (χ1n) is 6.80. The highest BCUT2D eigenvalue weighted by atomic mass is 16.2. The Bertz CT molecular complexity index is 393. The van der Waals surface area contributed by atoms with Crippen molar-refractivity contribution in [2.24, 2.45) is 0 Å². The molecule has 1 aromatic rings. The molecular formula is C15H22N2O. The van der Waals surface area contributed by atoms with Crippen molar-refractivity contribution >= 4 is 11.6 Å². The summed E-state index contributed by atoms with van der Waals surface area (Å²) < 4.78 is 0. The Kier molecular flexibility index (Phi) is 4.24. The molecule has 1 atom stereocenters. The molecule has 1 heterocycles. The van der Waals surface area contributed by atoms with Gasteiger partial charge in [0.15, 0.2) is 0 Å². The number of nitrogen functional groups attached to an aromatic ring is 1. The van der Waals surface area contributed by atoms with Gasteiger partial charge in [-0.1, -0.05) is 19.1 Å². The molecule has 0 aliphatic carbocycles. The van der Waals surface area contributed by atoms with Crippen LogP contribution in [0.25, 0.3) is 0 Å². The van der Waals surface area contributed by atoms with Gasteiger partial charge in [0, 0.05) is 25.2 Å². The van der Waals surface area contributed by atoms with Crippen molar-refractivity contribution in [3.63, 3.8) is 0 Å². The molecule has 2 N–H and O–H groups in total. The molecule has 18 heavy (non-hydrogen) atoms. The lowest BCUT2D eigenvalue weighted by Gasteiger charge is -2.28. The number of amides is 1. The normalized spacial score (nSPS) is 17.5. The van der Waals surface area contributed by atoms with E-state index in [2.05, 4.69) is 6.92 Å². The molecule has 1 amide bonds. The Balaban J connectivity index is 1.91. The summed E-state index contributed by atoms with van der Waals surface area (Å²) in [6.45, 7) is 3.98. The Morgan fingerprint density at radius 1 is 1.22 bits per heavy atom. The van der Waals surface area contributed by atoms with Crippen LogP contribution in [0.4, 0.5) is 5.69 Å². The van der Waals surface area contributed by atoms with Gasteiger partial charge in [-0.15, -0.1) is 0 Å². The van der Waals surface area contributed by atoms with Crippen molar-refractivity contribution in [2.45, 2.75) is 38.5 Å². The van der Waals surface area contributed by atoms with Gasteiger partial charge < -0.3 is 10.6 Å². The number of nitrogens with zero attached hydrogens (tertiary/aromatic N) is 1. The summed E-state index contributed by atoms with van der Waals surface area (Å²) in [5, 5.41) is 0. The molecule has 1 unspecified atom stereocenters. The number of piperidine rings is 1. The van der Waals surface area contributed by atoms with Gasteiger partial charge in [-0.05, 0) is 42.9 Å². The highest BCUT2D eigenvalue weighted by molar-refractivity contribution is 5.77. The van der Waals surface area contributed by atoms with Crippen LogP contribution in [0.15, 0.2) is 24.3 Å². The molecule has 0 saturated carbocycles. The highest BCUT2D eigenvalue weighted by Gasteiger charge is 2.19. The Labute approximate surface area is 109 Å². The molecule has 1 saturated heterocycles. The maximum Gasteiger partial charge on any atom is 0.223 e. The van der Waals surface area contributed by atoms with Crippen LogP contribution in [0.3, 0.4) is 0 Å². The molecule has 3 nitrogen and oxygen atoms in total. The lowest BCUT2D eigenvalue weighted by molar-refractivity contribution is -0.132. The van der Waals surface area contributed by atoms with Crippen molar-refractivity contribution in [3.8, 4) is 0 Å². The van der Waals surface area contributed by atoms with Crippen LogP contribution in [0.1, 0.15) is 44.1 Å². The predicted molar refractivity (Wildman–Crippen MR) is 74.3 cm³/mol. The first-order valence-corrected chi connectivity index (χ1v) is 6.80. The Hall–Kier alpha value is -1.51. The minimum absolute atomic E-state index is 0.264. The van der Waals surface area contributed by atoms with Gasteiger partial charge in [-0.25, -0.2) is 0 Å². The van der Waals surface area contributed by atoms with Gasteiger partial charge in [0.2, 0.25) is 5.91 Å². The van der Waals surface area contributed by atoms with E-state index < -0.39 is 0 Å². The standard InChI is InChI=1S/C15H22N2O/c1-12(13-5-7-14(16)8-6-13)11-15(18)17-9-3-2-4-10-17/h5-8,12H,2-4,9-11,16H2,1H3. The van der Waals surface area contributed by atoms with Crippen LogP contribution < -0.4 is 5.73 Å². The van der Waals surface area contributed by atoms with E-state index in [1.807, 2.05) is 29.2 Å².